The van der Waals surface area contributed by atoms with E-state index in [-0.39, 0.29) is 11.7 Å². The first kappa shape index (κ1) is 12.3. The molecule has 2 rings (SSSR count). The largest absolute Gasteiger partial charge is 0.424 e. The average molecular weight is 251 g/mol. The number of rotatable bonds is 5. The van der Waals surface area contributed by atoms with E-state index in [0.29, 0.717) is 23.7 Å². The molecule has 2 aromatic rings. The molecule has 96 valence electrons. The summed E-state index contributed by atoms with van der Waals surface area (Å²) >= 11 is 0. The highest BCUT2D eigenvalue weighted by Gasteiger charge is 2.12. The second kappa shape index (κ2) is 5.01. The normalized spacial score (nSPS) is 12.6. The van der Waals surface area contributed by atoms with Gasteiger partial charge in [0.15, 0.2) is 5.58 Å². The summed E-state index contributed by atoms with van der Waals surface area (Å²) < 4.78 is 10.4. The van der Waals surface area contributed by atoms with Crippen LogP contribution in [-0.2, 0) is 4.74 Å². The first-order chi connectivity index (χ1) is 8.60. The number of anilines is 1. The third kappa shape index (κ3) is 2.57. The third-order valence-corrected chi connectivity index (χ3v) is 2.37. The zero-order valence-electron chi connectivity index (χ0n) is 10.0. The van der Waals surface area contributed by atoms with E-state index in [1.165, 1.54) is 18.2 Å². The number of nitrogens with zero attached hydrogens (tertiary/aromatic N) is 2. The molecule has 1 aromatic heterocycles. The Kier molecular flexibility index (Phi) is 3.42. The summed E-state index contributed by atoms with van der Waals surface area (Å²) in [6.45, 7) is 2.43. The van der Waals surface area contributed by atoms with Crippen LogP contribution in [0.5, 0.6) is 0 Å². The maximum absolute atomic E-state index is 10.6. The van der Waals surface area contributed by atoms with Gasteiger partial charge in [0.25, 0.3) is 11.7 Å². The van der Waals surface area contributed by atoms with Crippen molar-refractivity contribution in [2.24, 2.45) is 0 Å². The second-order valence-corrected chi connectivity index (χ2v) is 3.93. The minimum absolute atomic E-state index is 0.00714. The lowest BCUT2D eigenvalue weighted by Gasteiger charge is -2.09. The first-order valence-electron chi connectivity index (χ1n) is 5.40. The van der Waals surface area contributed by atoms with Gasteiger partial charge in [-0.15, -0.1) is 0 Å². The number of ether oxygens (including phenoxy) is 1. The standard InChI is InChI=1S/C11H13N3O4/c1-7(6-17-2)12-11-13-9-5-8(14(15)16)3-4-10(9)18-11/h3-5,7H,6H2,1-2H3,(H,12,13). The molecule has 1 aromatic carbocycles. The fourth-order valence-electron chi connectivity index (χ4n) is 1.59. The number of fused-ring (bicyclic) bond motifs is 1. The van der Waals surface area contributed by atoms with Crippen LogP contribution in [0.25, 0.3) is 11.1 Å². The van der Waals surface area contributed by atoms with Gasteiger partial charge in [0.05, 0.1) is 17.6 Å². The van der Waals surface area contributed by atoms with E-state index in [9.17, 15) is 10.1 Å². The van der Waals surface area contributed by atoms with E-state index < -0.39 is 4.92 Å². The smallest absolute Gasteiger partial charge is 0.295 e. The van der Waals surface area contributed by atoms with Crippen molar-refractivity contribution in [1.29, 1.82) is 0 Å². The Morgan fingerprint density at radius 1 is 1.61 bits per heavy atom. The van der Waals surface area contributed by atoms with Gasteiger partial charge in [-0.1, -0.05) is 0 Å². The number of nitro benzene ring substituents is 1. The topological polar surface area (TPSA) is 90.4 Å². The molecule has 1 N–H and O–H groups in total. The lowest BCUT2D eigenvalue weighted by atomic mass is 10.3. The van der Waals surface area contributed by atoms with E-state index >= 15 is 0 Å². The van der Waals surface area contributed by atoms with Crippen molar-refractivity contribution in [3.8, 4) is 0 Å². The van der Waals surface area contributed by atoms with Crippen LogP contribution >= 0.6 is 0 Å². The van der Waals surface area contributed by atoms with Gasteiger partial charge < -0.3 is 14.5 Å². The quantitative estimate of drug-likeness (QED) is 0.647. The highest BCUT2D eigenvalue weighted by atomic mass is 16.6. The van der Waals surface area contributed by atoms with E-state index in [4.69, 9.17) is 9.15 Å². The van der Waals surface area contributed by atoms with Gasteiger partial charge in [0.1, 0.15) is 5.52 Å². The molecule has 0 saturated carbocycles. The molecule has 7 heteroatoms. The molecule has 0 aliphatic carbocycles. The van der Waals surface area contributed by atoms with E-state index in [2.05, 4.69) is 10.3 Å². The molecule has 0 aliphatic rings. The maximum Gasteiger partial charge on any atom is 0.295 e. The van der Waals surface area contributed by atoms with Crippen molar-refractivity contribution in [1.82, 2.24) is 4.98 Å². The van der Waals surface area contributed by atoms with Gasteiger partial charge in [-0.05, 0) is 13.0 Å². The van der Waals surface area contributed by atoms with Crippen LogP contribution in [0.3, 0.4) is 0 Å². The van der Waals surface area contributed by atoms with E-state index in [1.807, 2.05) is 6.92 Å². The van der Waals surface area contributed by atoms with Gasteiger partial charge in [-0.2, -0.15) is 4.98 Å². The van der Waals surface area contributed by atoms with Gasteiger partial charge >= 0.3 is 0 Å². The third-order valence-electron chi connectivity index (χ3n) is 2.37. The zero-order valence-corrected chi connectivity index (χ0v) is 10.0. The molecule has 0 saturated heterocycles. The van der Waals surface area contributed by atoms with Gasteiger partial charge in [-0.25, -0.2) is 0 Å². The predicted octanol–water partition coefficient (Wildman–Crippen LogP) is 2.18. The van der Waals surface area contributed by atoms with Crippen LogP contribution in [-0.4, -0.2) is 29.7 Å². The SMILES string of the molecule is COCC(C)Nc1nc2cc([N+](=O)[O-])ccc2o1. The monoisotopic (exact) mass is 251 g/mol. The Labute approximate surface area is 103 Å². The summed E-state index contributed by atoms with van der Waals surface area (Å²) in [5, 5.41) is 13.6. The summed E-state index contributed by atoms with van der Waals surface area (Å²) in [4.78, 5) is 14.3. The number of nitro groups is 1. The van der Waals surface area contributed by atoms with Gasteiger partial charge in [0.2, 0.25) is 0 Å². The van der Waals surface area contributed by atoms with Crippen LogP contribution < -0.4 is 5.32 Å². The average Bonchev–Trinajstić information content (AvgIpc) is 2.69. The molecule has 0 bridgehead atoms. The van der Waals surface area contributed by atoms with Crippen molar-refractivity contribution in [2.45, 2.75) is 13.0 Å². The van der Waals surface area contributed by atoms with Crippen LogP contribution in [0.1, 0.15) is 6.92 Å². The number of oxazole rings is 1. The Morgan fingerprint density at radius 3 is 3.06 bits per heavy atom. The lowest BCUT2D eigenvalue weighted by Crippen LogP contribution is -2.20. The van der Waals surface area contributed by atoms with Crippen LogP contribution in [0.2, 0.25) is 0 Å². The molecule has 0 amide bonds. The molecule has 0 spiro atoms. The van der Waals surface area contributed by atoms with Crippen molar-refractivity contribution in [3.63, 3.8) is 0 Å². The maximum atomic E-state index is 10.6. The predicted molar refractivity (Wildman–Crippen MR) is 65.6 cm³/mol. The number of hydrogen-bond donors (Lipinski definition) is 1. The first-order valence-corrected chi connectivity index (χ1v) is 5.40. The zero-order chi connectivity index (χ0) is 13.1. The van der Waals surface area contributed by atoms with Gasteiger partial charge in [-0.3, -0.25) is 10.1 Å². The molecule has 7 nitrogen and oxygen atoms in total. The molecule has 1 atom stereocenters. The summed E-state index contributed by atoms with van der Waals surface area (Å²) in [5.74, 6) is 0. The van der Waals surface area contributed by atoms with Crippen LogP contribution in [0, 0.1) is 10.1 Å². The highest BCUT2D eigenvalue weighted by Crippen LogP contribution is 2.23. The van der Waals surface area contributed by atoms with Crippen molar-refractivity contribution in [3.05, 3.63) is 28.3 Å². The summed E-state index contributed by atoms with van der Waals surface area (Å²) in [7, 11) is 1.60. The summed E-state index contributed by atoms with van der Waals surface area (Å²) in [6.07, 6.45) is 0. The number of non-ortho nitro benzene ring substituents is 1. The minimum Gasteiger partial charge on any atom is -0.424 e. The van der Waals surface area contributed by atoms with E-state index in [0.717, 1.165) is 0 Å². The van der Waals surface area contributed by atoms with E-state index in [1.54, 1.807) is 7.11 Å². The van der Waals surface area contributed by atoms with Crippen molar-refractivity contribution in [2.75, 3.05) is 19.0 Å². The Morgan fingerprint density at radius 2 is 2.39 bits per heavy atom. The Balaban J connectivity index is 2.24. The Bertz CT molecular complexity index is 566. The highest BCUT2D eigenvalue weighted by molar-refractivity contribution is 5.77. The fraction of sp³-hybridized carbons (Fsp3) is 0.364. The van der Waals surface area contributed by atoms with Crippen LogP contribution in [0.15, 0.2) is 22.6 Å². The van der Waals surface area contributed by atoms with Crippen molar-refractivity contribution >= 4 is 22.8 Å². The number of methoxy groups -OCH3 is 1. The van der Waals surface area contributed by atoms with Crippen LogP contribution in [0.4, 0.5) is 11.7 Å². The second-order valence-electron chi connectivity index (χ2n) is 3.93. The number of nitrogens with one attached hydrogen (secondary N) is 1. The number of hydrogen-bond acceptors (Lipinski definition) is 6. The molecule has 1 heterocycles. The molecular formula is C11H13N3O4. The number of benzene rings is 1. The summed E-state index contributed by atoms with van der Waals surface area (Å²) in [5.41, 5.74) is 0.955. The molecule has 0 radical (unpaired) electrons. The molecule has 18 heavy (non-hydrogen) atoms. The van der Waals surface area contributed by atoms with Gasteiger partial charge in [0, 0.05) is 19.2 Å². The molecule has 1 unspecified atom stereocenters. The fourth-order valence-corrected chi connectivity index (χ4v) is 1.59. The van der Waals surface area contributed by atoms with Crippen molar-refractivity contribution < 1.29 is 14.1 Å². The summed E-state index contributed by atoms with van der Waals surface area (Å²) in [6, 6.07) is 4.67. The lowest BCUT2D eigenvalue weighted by molar-refractivity contribution is -0.384. The molecular weight excluding hydrogens is 238 g/mol. The molecule has 0 aliphatic heterocycles. The minimum atomic E-state index is -0.464. The molecule has 0 fully saturated rings. The Hall–Kier alpha value is -2.15. The number of aromatic nitrogens is 1.